The number of ether oxygens (including phenoxy) is 6. The summed E-state index contributed by atoms with van der Waals surface area (Å²) < 4.78 is 34.4. The first-order chi connectivity index (χ1) is 25.4. The Hall–Kier alpha value is -2.49. The Morgan fingerprint density at radius 3 is 1.40 bits per heavy atom. The maximum Gasteiger partial charge on any atom is 0.330 e. The van der Waals surface area contributed by atoms with Gasteiger partial charge in [-0.15, -0.1) is 0 Å². The summed E-state index contributed by atoms with van der Waals surface area (Å²) in [6.45, 7) is 20.1. The maximum atomic E-state index is 12.1. The SMILES string of the molecule is C=CC(=O)OCCOC1CCC(C(C)(C)C2CCC(C(C)(C3CCC(OCCOC(=O)C=C)CC3)C3CCC4(CC3)OCC4OC(=O)C=C)CC2)CC1. The van der Waals surface area contributed by atoms with Crippen molar-refractivity contribution in [2.24, 2.45) is 40.4 Å². The van der Waals surface area contributed by atoms with Gasteiger partial charge in [0.25, 0.3) is 0 Å². The first kappa shape index (κ1) is 41.7. The van der Waals surface area contributed by atoms with Gasteiger partial charge in [-0.3, -0.25) is 0 Å². The molecule has 0 aromatic heterocycles. The van der Waals surface area contributed by atoms with Gasteiger partial charge in [-0.25, -0.2) is 14.4 Å². The van der Waals surface area contributed by atoms with Gasteiger partial charge in [-0.2, -0.15) is 0 Å². The molecule has 0 bridgehead atoms. The number of carbonyl (C=O) groups excluding carboxylic acids is 3. The van der Waals surface area contributed by atoms with Crippen LogP contribution in [0.5, 0.6) is 0 Å². The van der Waals surface area contributed by atoms with Crippen molar-refractivity contribution in [1.29, 1.82) is 0 Å². The van der Waals surface area contributed by atoms with Crippen molar-refractivity contribution >= 4 is 17.9 Å². The Morgan fingerprint density at radius 1 is 0.585 bits per heavy atom. The molecule has 1 aliphatic heterocycles. The van der Waals surface area contributed by atoms with Crippen molar-refractivity contribution < 1.29 is 42.8 Å². The Balaban J connectivity index is 1.18. The molecule has 5 fully saturated rings. The molecule has 4 aliphatic carbocycles. The van der Waals surface area contributed by atoms with Gasteiger partial charge in [-0.1, -0.05) is 40.5 Å². The highest BCUT2D eigenvalue weighted by Gasteiger charge is 2.57. The Morgan fingerprint density at radius 2 is 0.981 bits per heavy atom. The van der Waals surface area contributed by atoms with Crippen LogP contribution in [0.4, 0.5) is 0 Å². The first-order valence-corrected chi connectivity index (χ1v) is 20.7. The molecule has 2 unspecified atom stereocenters. The van der Waals surface area contributed by atoms with E-state index in [9.17, 15) is 14.4 Å². The van der Waals surface area contributed by atoms with Crippen molar-refractivity contribution in [3.63, 3.8) is 0 Å². The molecular formula is C44H68O9. The largest absolute Gasteiger partial charge is 0.460 e. The molecule has 0 amide bonds. The van der Waals surface area contributed by atoms with Crippen molar-refractivity contribution in [3.05, 3.63) is 38.0 Å². The van der Waals surface area contributed by atoms with Crippen LogP contribution < -0.4 is 0 Å². The first-order valence-electron chi connectivity index (χ1n) is 20.7. The van der Waals surface area contributed by atoms with Crippen LogP contribution in [0.1, 0.15) is 124 Å². The lowest BCUT2D eigenvalue weighted by Gasteiger charge is -2.58. The zero-order valence-corrected chi connectivity index (χ0v) is 33.0. The Bertz CT molecular complexity index is 1240. The lowest BCUT2D eigenvalue weighted by atomic mass is 9.49. The second kappa shape index (κ2) is 18.9. The lowest BCUT2D eigenvalue weighted by Crippen LogP contribution is -2.62. The van der Waals surface area contributed by atoms with Gasteiger partial charge in [0, 0.05) is 18.2 Å². The minimum atomic E-state index is -0.405. The summed E-state index contributed by atoms with van der Waals surface area (Å²) in [5, 5.41) is 0. The van der Waals surface area contributed by atoms with E-state index in [-0.39, 0.29) is 53.9 Å². The van der Waals surface area contributed by atoms with Crippen molar-refractivity contribution in [3.8, 4) is 0 Å². The summed E-state index contributed by atoms with van der Waals surface area (Å²) in [6, 6.07) is 0. The van der Waals surface area contributed by atoms with Gasteiger partial charge in [0.15, 0.2) is 6.10 Å². The predicted molar refractivity (Wildman–Crippen MR) is 204 cm³/mol. The van der Waals surface area contributed by atoms with E-state index in [0.29, 0.717) is 43.5 Å². The van der Waals surface area contributed by atoms with E-state index in [1.54, 1.807) is 0 Å². The van der Waals surface area contributed by atoms with E-state index in [1.807, 2.05) is 0 Å². The molecule has 1 saturated heterocycles. The van der Waals surface area contributed by atoms with Crippen LogP contribution in [0.2, 0.25) is 0 Å². The van der Waals surface area contributed by atoms with E-state index in [4.69, 9.17) is 28.4 Å². The molecular weight excluding hydrogens is 672 g/mol. The van der Waals surface area contributed by atoms with E-state index in [1.165, 1.54) is 69.6 Å². The molecule has 1 heterocycles. The van der Waals surface area contributed by atoms with Crippen LogP contribution in [0, 0.1) is 40.4 Å². The highest BCUT2D eigenvalue weighted by Crippen LogP contribution is 2.60. The normalized spacial score (nSPS) is 34.5. The van der Waals surface area contributed by atoms with Gasteiger partial charge in [0.05, 0.1) is 32.0 Å². The van der Waals surface area contributed by atoms with E-state index in [2.05, 4.69) is 40.5 Å². The molecule has 9 nitrogen and oxygen atoms in total. The van der Waals surface area contributed by atoms with Crippen LogP contribution in [-0.2, 0) is 42.8 Å². The van der Waals surface area contributed by atoms with Crippen LogP contribution >= 0.6 is 0 Å². The quantitative estimate of drug-likeness (QED) is 0.0628. The van der Waals surface area contributed by atoms with Crippen molar-refractivity contribution in [1.82, 2.24) is 0 Å². The Kier molecular flexibility index (Phi) is 14.9. The van der Waals surface area contributed by atoms with E-state index in [0.717, 1.165) is 57.3 Å². The molecule has 4 saturated carbocycles. The summed E-state index contributed by atoms with van der Waals surface area (Å²) in [4.78, 5) is 34.8. The smallest absolute Gasteiger partial charge is 0.330 e. The maximum absolute atomic E-state index is 12.1. The van der Waals surface area contributed by atoms with Crippen LogP contribution in [-0.4, -0.2) is 74.9 Å². The van der Waals surface area contributed by atoms with Gasteiger partial charge in [0.2, 0.25) is 0 Å². The van der Waals surface area contributed by atoms with Crippen LogP contribution in [0.3, 0.4) is 0 Å². The minimum absolute atomic E-state index is 0.167. The Labute approximate surface area is 318 Å². The highest BCUT2D eigenvalue weighted by molar-refractivity contribution is 5.82. The average molecular weight is 741 g/mol. The average Bonchev–Trinajstić information content (AvgIpc) is 3.19. The number of hydrogen-bond donors (Lipinski definition) is 0. The molecule has 9 heteroatoms. The molecule has 2 atom stereocenters. The second-order valence-corrected chi connectivity index (χ2v) is 17.4. The molecule has 0 aromatic carbocycles. The molecule has 298 valence electrons. The fourth-order valence-corrected chi connectivity index (χ4v) is 11.4. The monoisotopic (exact) mass is 740 g/mol. The summed E-state index contributed by atoms with van der Waals surface area (Å²) >= 11 is 0. The topological polar surface area (TPSA) is 107 Å². The van der Waals surface area contributed by atoms with Gasteiger partial charge >= 0.3 is 17.9 Å². The number of carbonyl (C=O) groups is 3. The standard InChI is InChI=1S/C44H68O9/c1-7-39(45)50-28-26-48-36-18-14-32(15-19-36)42(4,5)31-10-12-33(13-11-31)43(6,34-16-20-37(21-17-34)49-27-29-51-40(46)8-2)35-22-24-44(25-23-35)38(30-52-44)53-41(47)9-3/h7-9,31-38H,1-3,10-30H2,4-6H3. The summed E-state index contributed by atoms with van der Waals surface area (Å²) in [7, 11) is 0. The van der Waals surface area contributed by atoms with Crippen LogP contribution in [0.15, 0.2) is 38.0 Å². The zero-order chi connectivity index (χ0) is 38.1. The van der Waals surface area contributed by atoms with Gasteiger partial charge in [0.1, 0.15) is 18.8 Å². The van der Waals surface area contributed by atoms with Crippen molar-refractivity contribution in [2.45, 2.75) is 147 Å². The third kappa shape index (κ3) is 10.0. The molecule has 53 heavy (non-hydrogen) atoms. The zero-order valence-electron chi connectivity index (χ0n) is 33.0. The molecule has 5 aliphatic rings. The van der Waals surface area contributed by atoms with Gasteiger partial charge in [-0.05, 0) is 143 Å². The third-order valence-electron chi connectivity index (χ3n) is 14.9. The van der Waals surface area contributed by atoms with Crippen molar-refractivity contribution in [2.75, 3.05) is 33.0 Å². The third-order valence-corrected chi connectivity index (χ3v) is 14.9. The minimum Gasteiger partial charge on any atom is -0.460 e. The molecule has 0 aromatic rings. The predicted octanol–water partition coefficient (Wildman–Crippen LogP) is 8.49. The number of esters is 3. The van der Waals surface area contributed by atoms with Crippen LogP contribution in [0.25, 0.3) is 0 Å². The highest BCUT2D eigenvalue weighted by atomic mass is 16.6. The summed E-state index contributed by atoms with van der Waals surface area (Å²) in [5.41, 5.74) is 0.187. The number of rotatable bonds is 17. The fourth-order valence-electron chi connectivity index (χ4n) is 11.4. The molecule has 5 rings (SSSR count). The number of hydrogen-bond acceptors (Lipinski definition) is 9. The summed E-state index contributed by atoms with van der Waals surface area (Å²) in [5.74, 6) is 2.20. The fraction of sp³-hybridized carbons (Fsp3) is 0.795. The molecule has 1 spiro atoms. The van der Waals surface area contributed by atoms with Gasteiger partial charge < -0.3 is 28.4 Å². The van der Waals surface area contributed by atoms with E-state index >= 15 is 0 Å². The molecule has 0 N–H and O–H groups in total. The second-order valence-electron chi connectivity index (χ2n) is 17.4. The summed E-state index contributed by atoms with van der Waals surface area (Å²) in [6.07, 6.45) is 22.1. The lowest BCUT2D eigenvalue weighted by molar-refractivity contribution is -0.266. The molecule has 0 radical (unpaired) electrons. The van der Waals surface area contributed by atoms with E-state index < -0.39 is 11.9 Å².